The maximum absolute atomic E-state index is 13.4. The van der Waals surface area contributed by atoms with E-state index in [1.165, 1.54) is 41.3 Å². The van der Waals surface area contributed by atoms with Crippen LogP contribution in [0.1, 0.15) is 27.0 Å². The van der Waals surface area contributed by atoms with Crippen LogP contribution in [-0.4, -0.2) is 19.2 Å². The van der Waals surface area contributed by atoms with Gasteiger partial charge < -0.3 is 9.08 Å². The summed E-state index contributed by atoms with van der Waals surface area (Å²) >= 11 is 6.22. The van der Waals surface area contributed by atoms with E-state index in [1.807, 2.05) is 0 Å². The molecule has 0 bridgehead atoms. The summed E-state index contributed by atoms with van der Waals surface area (Å²) in [6, 6.07) is 21.1. The molecule has 0 N–H and O–H groups in total. The van der Waals surface area contributed by atoms with E-state index in [2.05, 4.69) is 0 Å². The van der Waals surface area contributed by atoms with Gasteiger partial charge in [-0.1, -0.05) is 54.1 Å². The zero-order valence-electron chi connectivity index (χ0n) is 20.0. The predicted molar refractivity (Wildman–Crippen MR) is 137 cm³/mol. The van der Waals surface area contributed by atoms with Crippen LogP contribution in [0.2, 0.25) is 5.02 Å². The fourth-order valence-corrected chi connectivity index (χ4v) is 4.88. The Bertz CT molecular complexity index is 1570. The molecule has 4 aromatic rings. The van der Waals surface area contributed by atoms with E-state index in [0.29, 0.717) is 17.2 Å². The third-order valence-corrected chi connectivity index (χ3v) is 7.20. The topological polar surface area (TPSA) is 63.7 Å². The highest BCUT2D eigenvalue weighted by Crippen LogP contribution is 2.31. The van der Waals surface area contributed by atoms with Crippen molar-refractivity contribution in [2.24, 2.45) is 0 Å². The second-order valence-corrected chi connectivity index (χ2v) is 10.4. The molecule has 0 fully saturated rings. The summed E-state index contributed by atoms with van der Waals surface area (Å²) in [5.41, 5.74) is 0.422. The molecule has 11 heteroatoms. The molecule has 0 saturated carbocycles. The molecule has 0 radical (unpaired) electrons. The standard InChI is InChI=1S/C28H20ClF4NO4S/c29-26-7-2-1-6-25(26)27(35)34(17-19-8-12-22(30)13-9-19)18-20-10-14-23(15-11-20)38-39(36,37)24-5-3-4-21(16-24)28(31,32)33/h1-16H,17-18H2. The maximum Gasteiger partial charge on any atom is 0.416 e. The largest absolute Gasteiger partial charge is 0.416 e. The average Bonchev–Trinajstić information content (AvgIpc) is 2.90. The number of benzene rings is 4. The molecule has 0 aliphatic rings. The molecule has 39 heavy (non-hydrogen) atoms. The van der Waals surface area contributed by atoms with Crippen molar-refractivity contribution in [2.45, 2.75) is 24.2 Å². The van der Waals surface area contributed by atoms with Gasteiger partial charge in [-0.25, -0.2) is 4.39 Å². The average molecular weight is 578 g/mol. The van der Waals surface area contributed by atoms with Crippen molar-refractivity contribution in [1.29, 1.82) is 0 Å². The second kappa shape index (κ2) is 11.5. The van der Waals surface area contributed by atoms with Crippen LogP contribution in [-0.2, 0) is 29.4 Å². The summed E-state index contributed by atoms with van der Waals surface area (Å²) < 4.78 is 82.5. The van der Waals surface area contributed by atoms with Gasteiger partial charge in [0, 0.05) is 13.1 Å². The molecule has 0 unspecified atom stereocenters. The number of carbonyl (C=O) groups excluding carboxylic acids is 1. The van der Waals surface area contributed by atoms with Crippen LogP contribution in [0.15, 0.2) is 102 Å². The summed E-state index contributed by atoms with van der Waals surface area (Å²) in [5, 5.41) is 0.259. The van der Waals surface area contributed by atoms with Crippen molar-refractivity contribution in [1.82, 2.24) is 4.90 Å². The van der Waals surface area contributed by atoms with Gasteiger partial charge >= 0.3 is 16.3 Å². The first-order valence-electron chi connectivity index (χ1n) is 11.4. The van der Waals surface area contributed by atoms with Gasteiger partial charge in [0.05, 0.1) is 16.1 Å². The number of alkyl halides is 3. The summed E-state index contributed by atoms with van der Waals surface area (Å²) in [6.07, 6.45) is -4.71. The fraction of sp³-hybridized carbons (Fsp3) is 0.107. The van der Waals surface area contributed by atoms with Gasteiger partial charge in [0.1, 0.15) is 16.5 Å². The number of carbonyl (C=O) groups is 1. The van der Waals surface area contributed by atoms with E-state index in [-0.39, 0.29) is 35.3 Å². The first-order valence-corrected chi connectivity index (χ1v) is 13.2. The van der Waals surface area contributed by atoms with Crippen LogP contribution in [0.4, 0.5) is 17.6 Å². The van der Waals surface area contributed by atoms with E-state index in [9.17, 15) is 30.8 Å². The number of hydrogen-bond acceptors (Lipinski definition) is 4. The van der Waals surface area contributed by atoms with E-state index in [1.54, 1.807) is 36.4 Å². The van der Waals surface area contributed by atoms with Crippen molar-refractivity contribution in [2.75, 3.05) is 0 Å². The SMILES string of the molecule is O=C(c1ccccc1Cl)N(Cc1ccc(F)cc1)Cc1ccc(OS(=O)(=O)c2cccc(C(F)(F)F)c2)cc1. The van der Waals surface area contributed by atoms with E-state index in [4.69, 9.17) is 15.8 Å². The minimum absolute atomic E-state index is 0.0854. The van der Waals surface area contributed by atoms with E-state index >= 15 is 0 Å². The van der Waals surface area contributed by atoms with Gasteiger partial charge in [-0.3, -0.25) is 4.79 Å². The Hall–Kier alpha value is -3.89. The van der Waals surface area contributed by atoms with Crippen LogP contribution in [0.25, 0.3) is 0 Å². The van der Waals surface area contributed by atoms with Crippen molar-refractivity contribution in [3.05, 3.63) is 130 Å². The highest BCUT2D eigenvalue weighted by molar-refractivity contribution is 7.87. The van der Waals surface area contributed by atoms with Crippen LogP contribution in [0.5, 0.6) is 5.75 Å². The molecule has 0 aliphatic heterocycles. The molecule has 0 spiro atoms. The summed E-state index contributed by atoms with van der Waals surface area (Å²) in [7, 11) is -4.54. The molecule has 0 aromatic heterocycles. The lowest BCUT2D eigenvalue weighted by Crippen LogP contribution is -2.30. The Kier molecular flexibility index (Phi) is 8.27. The number of amides is 1. The van der Waals surface area contributed by atoms with Crippen LogP contribution in [0, 0.1) is 5.82 Å². The molecule has 0 saturated heterocycles. The van der Waals surface area contributed by atoms with Crippen LogP contribution >= 0.6 is 11.6 Å². The Balaban J connectivity index is 1.54. The van der Waals surface area contributed by atoms with E-state index in [0.717, 1.165) is 18.2 Å². The third kappa shape index (κ3) is 7.15. The Morgan fingerprint density at radius 1 is 0.821 bits per heavy atom. The number of nitrogens with zero attached hydrogens (tertiary/aromatic N) is 1. The van der Waals surface area contributed by atoms with Gasteiger partial charge in [-0.15, -0.1) is 0 Å². The molecule has 0 aliphatic carbocycles. The summed E-state index contributed by atoms with van der Waals surface area (Å²) in [6.45, 7) is 0.217. The minimum atomic E-state index is -4.71. The first kappa shape index (κ1) is 28.1. The Labute approximate surface area is 227 Å². The first-order chi connectivity index (χ1) is 18.4. The number of rotatable bonds is 8. The molecule has 4 aromatic carbocycles. The smallest absolute Gasteiger partial charge is 0.379 e. The normalized spacial score (nSPS) is 11.7. The van der Waals surface area contributed by atoms with Gasteiger partial charge in [0.25, 0.3) is 5.91 Å². The number of halogens is 5. The lowest BCUT2D eigenvalue weighted by Gasteiger charge is -2.24. The molecule has 4 rings (SSSR count). The lowest BCUT2D eigenvalue weighted by atomic mass is 10.1. The van der Waals surface area contributed by atoms with Crippen LogP contribution in [0.3, 0.4) is 0 Å². The molecule has 0 heterocycles. The molecule has 0 atom stereocenters. The third-order valence-electron chi connectivity index (χ3n) is 5.63. The van der Waals surface area contributed by atoms with Gasteiger partial charge in [-0.2, -0.15) is 21.6 Å². The van der Waals surface area contributed by atoms with Gasteiger partial charge in [-0.05, 0) is 65.7 Å². The Morgan fingerprint density at radius 2 is 1.41 bits per heavy atom. The van der Waals surface area contributed by atoms with E-state index < -0.39 is 32.6 Å². The van der Waals surface area contributed by atoms with Crippen molar-refractivity contribution in [3.8, 4) is 5.75 Å². The molecular formula is C28H20ClF4NO4S. The maximum atomic E-state index is 13.4. The lowest BCUT2D eigenvalue weighted by molar-refractivity contribution is -0.137. The second-order valence-electron chi connectivity index (χ2n) is 8.47. The Morgan fingerprint density at radius 3 is 2.00 bits per heavy atom. The quantitative estimate of drug-likeness (QED) is 0.165. The zero-order valence-corrected chi connectivity index (χ0v) is 21.6. The van der Waals surface area contributed by atoms with Crippen LogP contribution < -0.4 is 4.18 Å². The number of hydrogen-bond donors (Lipinski definition) is 0. The molecule has 1 amide bonds. The minimum Gasteiger partial charge on any atom is -0.379 e. The fourth-order valence-electron chi connectivity index (χ4n) is 3.69. The zero-order chi connectivity index (χ0) is 28.2. The summed E-state index contributed by atoms with van der Waals surface area (Å²) in [5.74, 6) is -0.922. The molecule has 202 valence electrons. The summed E-state index contributed by atoms with van der Waals surface area (Å²) in [4.78, 5) is 14.2. The van der Waals surface area contributed by atoms with Crippen molar-refractivity contribution in [3.63, 3.8) is 0 Å². The molecule has 5 nitrogen and oxygen atoms in total. The van der Waals surface area contributed by atoms with Gasteiger partial charge in [0.15, 0.2) is 0 Å². The van der Waals surface area contributed by atoms with Crippen molar-refractivity contribution < 1.29 is 35.0 Å². The van der Waals surface area contributed by atoms with Gasteiger partial charge in [0.2, 0.25) is 0 Å². The monoisotopic (exact) mass is 577 g/mol. The predicted octanol–water partition coefficient (Wildman–Crippen LogP) is 7.11. The van der Waals surface area contributed by atoms with Crippen molar-refractivity contribution >= 4 is 27.6 Å². The highest BCUT2D eigenvalue weighted by atomic mass is 35.5. The highest BCUT2D eigenvalue weighted by Gasteiger charge is 2.32. The molecular weight excluding hydrogens is 558 g/mol.